The summed E-state index contributed by atoms with van der Waals surface area (Å²) in [4.78, 5) is 62.4. The van der Waals surface area contributed by atoms with Gasteiger partial charge in [0.25, 0.3) is 5.91 Å². The number of nitrogens with zero attached hydrogens (tertiary/aromatic N) is 3. The highest BCUT2D eigenvalue weighted by Gasteiger charge is 2.51. The van der Waals surface area contributed by atoms with E-state index < -0.39 is 34.6 Å². The van der Waals surface area contributed by atoms with Gasteiger partial charge in [-0.1, -0.05) is 46.5 Å². The number of fused-ring (bicyclic) bond motifs is 1. The minimum atomic E-state index is -0.835. The number of rotatable bonds is 8. The van der Waals surface area contributed by atoms with Crippen molar-refractivity contribution in [1.29, 1.82) is 0 Å². The SMILES string of the molecule is CC(C)(C)[C@H](NC(=O)[C@@H](SNC(=O)c1cnccn1)C1CCCCC1)C(=O)N1CC2CCCC2[C@H]1C(N)=O. The van der Waals surface area contributed by atoms with Gasteiger partial charge < -0.3 is 16.0 Å². The fraction of sp³-hybridized carbons (Fsp3) is 0.704. The molecule has 1 aliphatic heterocycles. The topological polar surface area (TPSA) is 147 Å². The molecule has 3 aliphatic rings. The molecular weight excluding hydrogens is 504 g/mol. The molecule has 0 aromatic carbocycles. The number of primary amides is 1. The zero-order chi connectivity index (χ0) is 27.4. The van der Waals surface area contributed by atoms with Crippen LogP contribution in [0.5, 0.6) is 0 Å². The van der Waals surface area contributed by atoms with Gasteiger partial charge in [-0.3, -0.25) is 28.9 Å². The summed E-state index contributed by atoms with van der Waals surface area (Å²) < 4.78 is 2.78. The molecule has 4 amide bonds. The molecule has 0 bridgehead atoms. The molecule has 2 aliphatic carbocycles. The van der Waals surface area contributed by atoms with Crippen LogP contribution in [0.4, 0.5) is 0 Å². The lowest BCUT2D eigenvalue weighted by Crippen LogP contribution is -2.59. The second-order valence-corrected chi connectivity index (χ2v) is 12.9. The quantitative estimate of drug-likeness (QED) is 0.426. The fourth-order valence-electron chi connectivity index (χ4n) is 6.32. The van der Waals surface area contributed by atoms with E-state index in [0.29, 0.717) is 6.54 Å². The van der Waals surface area contributed by atoms with Crippen LogP contribution in [0.1, 0.15) is 82.6 Å². The summed E-state index contributed by atoms with van der Waals surface area (Å²) in [5.74, 6) is -1.02. The maximum atomic E-state index is 13.9. The average molecular weight is 545 g/mol. The first kappa shape index (κ1) is 28.3. The van der Waals surface area contributed by atoms with E-state index in [4.69, 9.17) is 5.73 Å². The number of hydrogen-bond donors (Lipinski definition) is 3. The second-order valence-electron chi connectivity index (χ2n) is 12.0. The third-order valence-corrected chi connectivity index (χ3v) is 9.43. The molecule has 208 valence electrons. The Kier molecular flexibility index (Phi) is 8.95. The fourth-order valence-corrected chi connectivity index (χ4v) is 7.30. The van der Waals surface area contributed by atoms with Crippen molar-refractivity contribution in [2.24, 2.45) is 28.9 Å². The predicted octanol–water partition coefficient (Wildman–Crippen LogP) is 2.45. The van der Waals surface area contributed by atoms with Gasteiger partial charge >= 0.3 is 0 Å². The lowest BCUT2D eigenvalue weighted by atomic mass is 9.84. The van der Waals surface area contributed by atoms with E-state index in [9.17, 15) is 19.2 Å². The smallest absolute Gasteiger partial charge is 0.281 e. The number of nitrogens with two attached hydrogens (primary N) is 1. The zero-order valence-corrected chi connectivity index (χ0v) is 23.3. The van der Waals surface area contributed by atoms with Crippen molar-refractivity contribution in [3.8, 4) is 0 Å². The standard InChI is InChI=1S/C27H40N6O4S/c1-27(2,3)22(26(37)33-15-17-10-7-11-18(17)20(33)23(28)34)31-25(36)21(16-8-5-4-6-9-16)38-32-24(35)19-14-29-12-13-30-19/h12-14,16-18,20-22H,4-11,15H2,1-3H3,(H2,28,34)(H,31,36)(H,32,35)/t17?,18?,20-,21-,22+/m0/s1. The molecule has 38 heavy (non-hydrogen) atoms. The maximum Gasteiger partial charge on any atom is 0.281 e. The van der Waals surface area contributed by atoms with E-state index >= 15 is 0 Å². The Labute approximate surface area is 228 Å². The summed E-state index contributed by atoms with van der Waals surface area (Å²) >= 11 is 1.08. The van der Waals surface area contributed by atoms with Crippen molar-refractivity contribution in [2.75, 3.05) is 6.54 Å². The number of amides is 4. The van der Waals surface area contributed by atoms with E-state index in [2.05, 4.69) is 20.0 Å². The van der Waals surface area contributed by atoms with E-state index in [1.165, 1.54) is 18.6 Å². The molecule has 11 heteroatoms. The summed E-state index contributed by atoms with van der Waals surface area (Å²) in [6.07, 6.45) is 12.1. The summed E-state index contributed by atoms with van der Waals surface area (Å²) in [7, 11) is 0. The molecule has 0 radical (unpaired) electrons. The van der Waals surface area contributed by atoms with Gasteiger partial charge in [-0.25, -0.2) is 4.98 Å². The Morgan fingerprint density at radius 1 is 1.05 bits per heavy atom. The van der Waals surface area contributed by atoms with Gasteiger partial charge in [0.1, 0.15) is 23.0 Å². The Hall–Kier alpha value is -2.69. The van der Waals surface area contributed by atoms with Gasteiger partial charge in [-0.15, -0.1) is 0 Å². The normalized spacial score (nSPS) is 25.3. The number of carbonyl (C=O) groups excluding carboxylic acids is 4. The number of carbonyl (C=O) groups is 4. The first-order valence-electron chi connectivity index (χ1n) is 13.7. The van der Waals surface area contributed by atoms with Crippen LogP contribution >= 0.6 is 11.9 Å². The van der Waals surface area contributed by atoms with Gasteiger partial charge in [0.2, 0.25) is 17.7 Å². The van der Waals surface area contributed by atoms with E-state index in [-0.39, 0.29) is 35.3 Å². The van der Waals surface area contributed by atoms with Crippen molar-refractivity contribution in [2.45, 2.75) is 89.5 Å². The highest BCUT2D eigenvalue weighted by molar-refractivity contribution is 7.99. The maximum absolute atomic E-state index is 13.9. The molecule has 1 aromatic rings. The van der Waals surface area contributed by atoms with Crippen LogP contribution < -0.4 is 15.8 Å². The predicted molar refractivity (Wildman–Crippen MR) is 144 cm³/mol. The van der Waals surface area contributed by atoms with Crippen LogP contribution in [0.25, 0.3) is 0 Å². The zero-order valence-electron chi connectivity index (χ0n) is 22.5. The van der Waals surface area contributed by atoms with Crippen LogP contribution in [0.3, 0.4) is 0 Å². The van der Waals surface area contributed by atoms with E-state index in [1.54, 1.807) is 4.90 Å². The highest BCUT2D eigenvalue weighted by atomic mass is 32.2. The number of likely N-dealkylation sites (tertiary alicyclic amines) is 1. The molecule has 4 rings (SSSR count). The number of hydrogen-bond acceptors (Lipinski definition) is 7. The van der Waals surface area contributed by atoms with Gasteiger partial charge in [-0.05, 0) is 60.8 Å². The average Bonchev–Trinajstić information content (AvgIpc) is 3.49. The molecule has 2 saturated carbocycles. The summed E-state index contributed by atoms with van der Waals surface area (Å²) in [6.45, 7) is 6.22. The van der Waals surface area contributed by atoms with E-state index in [0.717, 1.165) is 63.3 Å². The van der Waals surface area contributed by atoms with Gasteiger partial charge in [0.15, 0.2) is 0 Å². The molecule has 2 heterocycles. The largest absolute Gasteiger partial charge is 0.368 e. The highest BCUT2D eigenvalue weighted by Crippen LogP contribution is 2.43. The van der Waals surface area contributed by atoms with Crippen molar-refractivity contribution in [3.63, 3.8) is 0 Å². The molecule has 10 nitrogen and oxygen atoms in total. The Bertz CT molecular complexity index is 1030. The molecular formula is C27H40N6O4S. The van der Waals surface area contributed by atoms with Crippen LogP contribution in [-0.2, 0) is 14.4 Å². The molecule has 1 saturated heterocycles. The number of nitrogens with one attached hydrogen (secondary N) is 2. The molecule has 1 aromatic heterocycles. The Balaban J connectivity index is 1.51. The van der Waals surface area contributed by atoms with Gasteiger partial charge in [0, 0.05) is 18.9 Å². The molecule has 4 N–H and O–H groups in total. The lowest BCUT2D eigenvalue weighted by Gasteiger charge is -2.37. The summed E-state index contributed by atoms with van der Waals surface area (Å²) in [5.41, 5.74) is 5.35. The first-order chi connectivity index (χ1) is 18.1. The summed E-state index contributed by atoms with van der Waals surface area (Å²) in [5, 5.41) is 2.47. The van der Waals surface area contributed by atoms with Crippen molar-refractivity contribution >= 4 is 35.6 Å². The van der Waals surface area contributed by atoms with Crippen molar-refractivity contribution in [1.82, 2.24) is 24.9 Å². The Morgan fingerprint density at radius 3 is 2.42 bits per heavy atom. The van der Waals surface area contributed by atoms with Crippen molar-refractivity contribution in [3.05, 3.63) is 24.3 Å². The summed E-state index contributed by atoms with van der Waals surface area (Å²) in [6, 6.07) is -1.47. The Morgan fingerprint density at radius 2 is 1.79 bits per heavy atom. The third-order valence-electron chi connectivity index (χ3n) is 8.28. The van der Waals surface area contributed by atoms with E-state index in [1.807, 2.05) is 20.8 Å². The van der Waals surface area contributed by atoms with Gasteiger partial charge in [0.05, 0.1) is 6.20 Å². The minimum absolute atomic E-state index is 0.0659. The van der Waals surface area contributed by atoms with Gasteiger partial charge in [-0.2, -0.15) is 0 Å². The lowest BCUT2D eigenvalue weighted by molar-refractivity contribution is -0.144. The minimum Gasteiger partial charge on any atom is -0.368 e. The van der Waals surface area contributed by atoms with Crippen LogP contribution in [0.15, 0.2) is 18.6 Å². The molecule has 2 unspecified atom stereocenters. The van der Waals surface area contributed by atoms with Crippen molar-refractivity contribution < 1.29 is 19.2 Å². The third kappa shape index (κ3) is 6.30. The first-order valence-corrected chi connectivity index (χ1v) is 14.6. The second kappa shape index (κ2) is 12.0. The molecule has 5 atom stereocenters. The van der Waals surface area contributed by atoms with Crippen LogP contribution in [0, 0.1) is 23.2 Å². The molecule has 3 fully saturated rings. The van der Waals surface area contributed by atoms with Crippen LogP contribution in [0.2, 0.25) is 0 Å². The monoisotopic (exact) mass is 544 g/mol. The van der Waals surface area contributed by atoms with Crippen LogP contribution in [-0.4, -0.2) is 62.4 Å². The molecule has 0 spiro atoms. The number of aromatic nitrogens is 2.